The maximum atomic E-state index is 13.9. The lowest BCUT2D eigenvalue weighted by Crippen LogP contribution is -2.53. The first-order valence-corrected chi connectivity index (χ1v) is 12.3. The average Bonchev–Trinajstić information content (AvgIpc) is 3.43. The highest BCUT2D eigenvalue weighted by atomic mass is 19.4. The fraction of sp³-hybridized carbons (Fsp3) is 0.500. The van der Waals surface area contributed by atoms with Crippen LogP contribution in [0.15, 0.2) is 30.3 Å². The minimum atomic E-state index is -4.59. The maximum Gasteiger partial charge on any atom is 0.416 e. The Labute approximate surface area is 208 Å². The van der Waals surface area contributed by atoms with Gasteiger partial charge in [0, 0.05) is 38.2 Å². The highest BCUT2D eigenvalue weighted by Crippen LogP contribution is 2.42. The Morgan fingerprint density at radius 1 is 1.17 bits per heavy atom. The van der Waals surface area contributed by atoms with E-state index in [1.165, 1.54) is 11.8 Å². The number of carbonyl (C=O) groups excluding carboxylic acids is 2. The molecule has 2 aromatic rings. The highest BCUT2D eigenvalue weighted by Gasteiger charge is 2.49. The zero-order valence-electron chi connectivity index (χ0n) is 20.6. The van der Waals surface area contributed by atoms with Gasteiger partial charge in [-0.2, -0.15) is 13.2 Å². The van der Waals surface area contributed by atoms with Crippen molar-refractivity contribution in [3.63, 3.8) is 0 Å². The fourth-order valence-electron chi connectivity index (χ4n) is 5.85. The number of pyridine rings is 1. The molecule has 4 heterocycles. The van der Waals surface area contributed by atoms with E-state index in [1.54, 1.807) is 11.9 Å². The molecule has 3 atom stereocenters. The summed E-state index contributed by atoms with van der Waals surface area (Å²) in [6.45, 7) is 6.55. The van der Waals surface area contributed by atoms with Crippen molar-refractivity contribution >= 4 is 29.0 Å². The number of alkyl halides is 3. The van der Waals surface area contributed by atoms with Gasteiger partial charge >= 0.3 is 6.18 Å². The summed E-state index contributed by atoms with van der Waals surface area (Å²) >= 11 is 0. The van der Waals surface area contributed by atoms with Gasteiger partial charge in [-0.05, 0) is 63.0 Å². The van der Waals surface area contributed by atoms with E-state index in [0.29, 0.717) is 12.5 Å². The molecule has 2 fully saturated rings. The number of aryl methyl sites for hydroxylation is 2. The molecule has 1 aromatic carbocycles. The number of para-hydroxylation sites is 1. The predicted molar refractivity (Wildman–Crippen MR) is 131 cm³/mol. The van der Waals surface area contributed by atoms with Crippen LogP contribution < -0.4 is 20.0 Å². The molecular formula is C26H30F3N5O2. The third-order valence-corrected chi connectivity index (χ3v) is 7.52. The molecule has 10 heteroatoms. The number of carbonyl (C=O) groups is 2. The number of nitrogens with zero attached hydrogens (tertiary/aromatic N) is 4. The number of benzene rings is 1. The van der Waals surface area contributed by atoms with Crippen molar-refractivity contribution in [3.05, 3.63) is 47.2 Å². The number of likely N-dealkylation sites (N-methyl/N-ethyl adjacent to an activating group) is 1. The average molecular weight is 502 g/mol. The van der Waals surface area contributed by atoms with Gasteiger partial charge < -0.3 is 15.1 Å². The van der Waals surface area contributed by atoms with Gasteiger partial charge in [0.25, 0.3) is 0 Å². The number of halogens is 3. The third-order valence-electron chi connectivity index (χ3n) is 7.52. The molecule has 3 aliphatic rings. The molecule has 5 rings (SSSR count). The molecular weight excluding hydrogens is 471 g/mol. The standard InChI is InChI=1S/C26H30F3N5O2/c1-15-5-4-6-20-23(15)33(13-17-7-8-30-12-17)14-18-10-22(35)34(24(18)25(36)32(20)3)21-11-19(26(27,28)29)9-16(2)31-21/h4-6,9,11,17-18,24,30H,7-8,10,12-14H2,1-3H3/t17-,18+,24-/m0/s1. The minimum absolute atomic E-state index is 0.0713. The van der Waals surface area contributed by atoms with Crippen molar-refractivity contribution in [2.75, 3.05) is 47.9 Å². The van der Waals surface area contributed by atoms with Gasteiger partial charge in [0.05, 0.1) is 16.9 Å². The van der Waals surface area contributed by atoms with Crippen LogP contribution >= 0.6 is 0 Å². The summed E-state index contributed by atoms with van der Waals surface area (Å²) in [5, 5.41) is 3.40. The molecule has 0 bridgehead atoms. The van der Waals surface area contributed by atoms with Gasteiger partial charge in [-0.15, -0.1) is 0 Å². The summed E-state index contributed by atoms with van der Waals surface area (Å²) in [6.07, 6.45) is -3.48. The number of amides is 2. The van der Waals surface area contributed by atoms with Crippen LogP contribution in [0.1, 0.15) is 29.7 Å². The van der Waals surface area contributed by atoms with Crippen LogP contribution in [0, 0.1) is 25.7 Å². The zero-order chi connectivity index (χ0) is 25.8. The van der Waals surface area contributed by atoms with E-state index in [1.807, 2.05) is 25.1 Å². The van der Waals surface area contributed by atoms with Crippen molar-refractivity contribution in [1.29, 1.82) is 0 Å². The Morgan fingerprint density at radius 3 is 2.64 bits per heavy atom. The first kappa shape index (κ1) is 24.5. The third kappa shape index (κ3) is 4.31. The number of hydrogen-bond donors (Lipinski definition) is 1. The number of rotatable bonds is 3. The summed E-state index contributed by atoms with van der Waals surface area (Å²) in [5.41, 5.74) is 1.99. The summed E-state index contributed by atoms with van der Waals surface area (Å²) in [7, 11) is 1.67. The van der Waals surface area contributed by atoms with Gasteiger partial charge in [-0.3, -0.25) is 14.5 Å². The SMILES string of the molecule is Cc1cc(C(F)(F)F)cc(N2C(=O)C[C@@H]3CN(C[C@H]4CCNC4)c4c(C)cccc4N(C)C(=O)[C@H]32)n1. The zero-order valence-corrected chi connectivity index (χ0v) is 20.6. The second-order valence-corrected chi connectivity index (χ2v) is 10.1. The molecule has 3 aliphatic heterocycles. The van der Waals surface area contributed by atoms with Crippen LogP contribution in [0.5, 0.6) is 0 Å². The van der Waals surface area contributed by atoms with Gasteiger partial charge in [0.1, 0.15) is 11.9 Å². The molecule has 0 radical (unpaired) electrons. The Hall–Kier alpha value is -3.14. The molecule has 2 saturated heterocycles. The van der Waals surface area contributed by atoms with E-state index in [4.69, 9.17) is 0 Å². The molecule has 1 aromatic heterocycles. The molecule has 7 nitrogen and oxygen atoms in total. The molecule has 36 heavy (non-hydrogen) atoms. The van der Waals surface area contributed by atoms with E-state index in [-0.39, 0.29) is 35.7 Å². The van der Waals surface area contributed by atoms with E-state index < -0.39 is 17.8 Å². The van der Waals surface area contributed by atoms with Crippen LogP contribution in [0.4, 0.5) is 30.4 Å². The largest absolute Gasteiger partial charge is 0.416 e. The second-order valence-electron chi connectivity index (χ2n) is 10.1. The first-order chi connectivity index (χ1) is 17.0. The quantitative estimate of drug-likeness (QED) is 0.697. The van der Waals surface area contributed by atoms with Gasteiger partial charge in [-0.25, -0.2) is 4.98 Å². The van der Waals surface area contributed by atoms with Gasteiger partial charge in [-0.1, -0.05) is 12.1 Å². The molecule has 0 aliphatic carbocycles. The predicted octanol–water partition coefficient (Wildman–Crippen LogP) is 3.53. The number of anilines is 3. The molecule has 1 N–H and O–H groups in total. The Bertz CT molecular complexity index is 1190. The van der Waals surface area contributed by atoms with Crippen LogP contribution in [-0.2, 0) is 15.8 Å². The monoisotopic (exact) mass is 501 g/mol. The van der Waals surface area contributed by atoms with E-state index in [0.717, 1.165) is 55.1 Å². The maximum absolute atomic E-state index is 13.9. The Kier molecular flexibility index (Phi) is 6.18. The lowest BCUT2D eigenvalue weighted by molar-refractivity contribution is -0.137. The minimum Gasteiger partial charge on any atom is -0.369 e. The van der Waals surface area contributed by atoms with Gasteiger partial charge in [0.15, 0.2) is 0 Å². The van der Waals surface area contributed by atoms with Crippen LogP contribution in [0.2, 0.25) is 0 Å². The second kappa shape index (κ2) is 9.06. The highest BCUT2D eigenvalue weighted by molar-refractivity contribution is 6.10. The van der Waals surface area contributed by atoms with Crippen LogP contribution in [-0.4, -0.2) is 56.1 Å². The molecule has 2 amide bonds. The molecule has 0 saturated carbocycles. The van der Waals surface area contributed by atoms with Crippen molar-refractivity contribution in [2.24, 2.45) is 11.8 Å². The molecule has 0 unspecified atom stereocenters. The lowest BCUT2D eigenvalue weighted by Gasteiger charge is -2.40. The summed E-state index contributed by atoms with van der Waals surface area (Å²) in [4.78, 5) is 36.4. The van der Waals surface area contributed by atoms with Crippen LogP contribution in [0.25, 0.3) is 0 Å². The van der Waals surface area contributed by atoms with Crippen molar-refractivity contribution < 1.29 is 22.8 Å². The summed E-state index contributed by atoms with van der Waals surface area (Å²) in [5.74, 6) is -0.790. The Balaban J connectivity index is 1.59. The topological polar surface area (TPSA) is 68.8 Å². The van der Waals surface area contributed by atoms with E-state index in [2.05, 4.69) is 15.2 Å². The summed E-state index contributed by atoms with van der Waals surface area (Å²) < 4.78 is 40.7. The smallest absolute Gasteiger partial charge is 0.369 e. The number of nitrogens with one attached hydrogen (secondary N) is 1. The number of aromatic nitrogens is 1. The number of hydrogen-bond acceptors (Lipinski definition) is 5. The first-order valence-electron chi connectivity index (χ1n) is 12.3. The van der Waals surface area contributed by atoms with Crippen LogP contribution in [0.3, 0.4) is 0 Å². The fourth-order valence-corrected chi connectivity index (χ4v) is 5.85. The Morgan fingerprint density at radius 2 is 1.94 bits per heavy atom. The van der Waals surface area contributed by atoms with Crippen molar-refractivity contribution in [1.82, 2.24) is 10.3 Å². The van der Waals surface area contributed by atoms with Crippen molar-refractivity contribution in [2.45, 2.75) is 38.9 Å². The summed E-state index contributed by atoms with van der Waals surface area (Å²) in [6, 6.07) is 6.67. The van der Waals surface area contributed by atoms with E-state index >= 15 is 0 Å². The van der Waals surface area contributed by atoms with E-state index in [9.17, 15) is 22.8 Å². The normalized spacial score (nSPS) is 24.6. The number of fused-ring (bicyclic) bond motifs is 2. The van der Waals surface area contributed by atoms with Crippen molar-refractivity contribution in [3.8, 4) is 0 Å². The molecule has 192 valence electrons. The van der Waals surface area contributed by atoms with Gasteiger partial charge in [0.2, 0.25) is 11.8 Å². The molecule has 0 spiro atoms. The lowest BCUT2D eigenvalue weighted by atomic mass is 9.94.